The highest BCUT2D eigenvalue weighted by Gasteiger charge is 2.57. The summed E-state index contributed by atoms with van der Waals surface area (Å²) in [4.78, 5) is 34.9. The molecule has 53 heavy (non-hydrogen) atoms. The average molecular weight is 781 g/mol. The Balaban J connectivity index is 1.62. The van der Waals surface area contributed by atoms with Crippen molar-refractivity contribution in [2.45, 2.75) is 136 Å². The van der Waals surface area contributed by atoms with E-state index in [2.05, 4.69) is 0 Å². The Labute approximate surface area is 297 Å². The highest BCUT2D eigenvalue weighted by atomic mass is 16.8. The summed E-state index contributed by atoms with van der Waals surface area (Å²) in [5.41, 5.74) is 0. The van der Waals surface area contributed by atoms with Gasteiger partial charge >= 0.3 is 17.9 Å². The van der Waals surface area contributed by atoms with Crippen LogP contribution in [0.15, 0.2) is 0 Å². The molecule has 4 rings (SSSR count). The van der Waals surface area contributed by atoms with Crippen molar-refractivity contribution < 1.29 is 124 Å². The molecule has 0 aromatic carbocycles. The maximum absolute atomic E-state index is 11.8. The lowest BCUT2D eigenvalue weighted by molar-refractivity contribution is -0.381. The van der Waals surface area contributed by atoms with Crippen molar-refractivity contribution in [2.24, 2.45) is 0 Å². The monoisotopic (exact) mass is 780 g/mol. The molecule has 14 N–H and O–H groups in total. The van der Waals surface area contributed by atoms with Crippen LogP contribution in [0, 0.1) is 0 Å². The number of esters is 1. The summed E-state index contributed by atoms with van der Waals surface area (Å²) in [6, 6.07) is 0. The highest BCUT2D eigenvalue weighted by Crippen LogP contribution is 2.36. The topological polar surface area (TPSA) is 408 Å². The molecule has 25 nitrogen and oxygen atoms in total. The van der Waals surface area contributed by atoms with E-state index in [1.165, 1.54) is 0 Å². The third kappa shape index (κ3) is 9.21. The van der Waals surface area contributed by atoms with E-state index in [9.17, 15) is 85.9 Å². The molecule has 0 aromatic heterocycles. The molecule has 25 heteroatoms. The van der Waals surface area contributed by atoms with Gasteiger partial charge in [-0.05, 0) is 0 Å². The summed E-state index contributed by atoms with van der Waals surface area (Å²) in [6.07, 6.45) is -39.1. The van der Waals surface area contributed by atoms with Gasteiger partial charge in [-0.3, -0.25) is 4.79 Å². The molecule has 0 spiro atoms. The fraction of sp³-hybridized carbons (Fsp3) is 0.893. The first-order chi connectivity index (χ1) is 24.8. The predicted molar refractivity (Wildman–Crippen MR) is 155 cm³/mol. The minimum Gasteiger partial charge on any atom is -0.479 e. The van der Waals surface area contributed by atoms with Crippen molar-refractivity contribution in [3.05, 3.63) is 0 Å². The molecule has 0 aromatic rings. The number of ether oxygens (including phenoxy) is 8. The minimum atomic E-state index is -3.14. The van der Waals surface area contributed by atoms with E-state index in [0.29, 0.717) is 0 Å². The SMILES string of the molecule is CC(=O)O[C@@H]1[C@H](O)[C@@H](O)[C@@H](O[C@H]2[C@H](O)[C@H](O)[C@@H](O[C@@H]3CC(O)(C(=O)O)O[C@H]([C@H](O)CO)[C@@H]3O)O[C@@H]2CO[C@H]2O[C@H](C(=O)O)[C@H](O)[C@H](O)[C@H]2O)O[C@@H]1CO. The Kier molecular flexibility index (Phi) is 14.4. The molecule has 0 bridgehead atoms. The van der Waals surface area contributed by atoms with Gasteiger partial charge < -0.3 is 109 Å². The van der Waals surface area contributed by atoms with Gasteiger partial charge in [-0.15, -0.1) is 0 Å². The number of hydrogen-bond acceptors (Lipinski definition) is 23. The molecule has 4 aliphatic rings. The Morgan fingerprint density at radius 2 is 1.30 bits per heavy atom. The van der Waals surface area contributed by atoms with Crippen LogP contribution < -0.4 is 0 Å². The summed E-state index contributed by atoms with van der Waals surface area (Å²) in [5, 5.41) is 144. The fourth-order valence-electron chi connectivity index (χ4n) is 6.15. The molecule has 1 unspecified atom stereocenters. The van der Waals surface area contributed by atoms with E-state index in [-0.39, 0.29) is 0 Å². The molecular formula is C28H44O25. The second-order valence-electron chi connectivity index (χ2n) is 12.8. The minimum absolute atomic E-state index is 0.908. The summed E-state index contributed by atoms with van der Waals surface area (Å²) < 4.78 is 42.7. The number of hydrogen-bond donors (Lipinski definition) is 14. The van der Waals surface area contributed by atoms with Crippen molar-refractivity contribution in [2.75, 3.05) is 19.8 Å². The summed E-state index contributed by atoms with van der Waals surface area (Å²) in [6.45, 7) is -2.00. The Morgan fingerprint density at radius 1 is 0.736 bits per heavy atom. The molecule has 4 fully saturated rings. The van der Waals surface area contributed by atoms with E-state index in [4.69, 9.17) is 37.9 Å². The molecule has 20 atom stereocenters. The van der Waals surface area contributed by atoms with Gasteiger partial charge in [0, 0.05) is 13.3 Å². The van der Waals surface area contributed by atoms with Crippen LogP contribution in [0.3, 0.4) is 0 Å². The third-order valence-electron chi connectivity index (χ3n) is 9.03. The summed E-state index contributed by atoms with van der Waals surface area (Å²) in [7, 11) is 0. The van der Waals surface area contributed by atoms with E-state index in [1.54, 1.807) is 0 Å². The van der Waals surface area contributed by atoms with Gasteiger partial charge in [0.1, 0.15) is 79.4 Å². The number of aliphatic hydroxyl groups is 12. The van der Waals surface area contributed by atoms with Gasteiger partial charge in [-0.2, -0.15) is 0 Å². The van der Waals surface area contributed by atoms with Gasteiger partial charge in [-0.25, -0.2) is 9.59 Å². The van der Waals surface area contributed by atoms with Gasteiger partial charge in [-0.1, -0.05) is 0 Å². The first kappa shape index (κ1) is 43.4. The van der Waals surface area contributed by atoms with Crippen molar-refractivity contribution in [1.29, 1.82) is 0 Å². The number of carbonyl (C=O) groups is 3. The highest BCUT2D eigenvalue weighted by molar-refractivity contribution is 5.75. The first-order valence-corrected chi connectivity index (χ1v) is 16.0. The second kappa shape index (κ2) is 17.6. The molecule has 4 aliphatic heterocycles. The quantitative estimate of drug-likeness (QED) is 0.0771. The molecule has 0 saturated carbocycles. The number of carboxylic acids is 2. The maximum Gasteiger partial charge on any atom is 0.364 e. The molecule has 0 amide bonds. The van der Waals surface area contributed by atoms with Crippen LogP contribution in [-0.4, -0.2) is 232 Å². The van der Waals surface area contributed by atoms with Crippen LogP contribution >= 0.6 is 0 Å². The Hall–Kier alpha value is -2.35. The lowest BCUT2D eigenvalue weighted by Crippen LogP contribution is -2.67. The van der Waals surface area contributed by atoms with Crippen molar-refractivity contribution in [3.8, 4) is 0 Å². The van der Waals surface area contributed by atoms with E-state index < -0.39 is 166 Å². The zero-order valence-electron chi connectivity index (χ0n) is 27.5. The number of carbonyl (C=O) groups excluding carboxylic acids is 1. The zero-order valence-corrected chi connectivity index (χ0v) is 27.5. The van der Waals surface area contributed by atoms with E-state index >= 15 is 0 Å². The Bertz CT molecular complexity index is 1260. The Morgan fingerprint density at radius 3 is 1.85 bits per heavy atom. The van der Waals surface area contributed by atoms with Crippen molar-refractivity contribution in [3.63, 3.8) is 0 Å². The number of rotatable bonds is 13. The van der Waals surface area contributed by atoms with E-state index in [0.717, 1.165) is 6.92 Å². The lowest BCUT2D eigenvalue weighted by atomic mass is 9.92. The van der Waals surface area contributed by atoms with Crippen molar-refractivity contribution in [1.82, 2.24) is 0 Å². The summed E-state index contributed by atoms with van der Waals surface area (Å²) >= 11 is 0. The molecule has 0 radical (unpaired) electrons. The van der Waals surface area contributed by atoms with Crippen molar-refractivity contribution >= 4 is 17.9 Å². The average Bonchev–Trinajstić information content (AvgIpc) is 3.10. The van der Waals surface area contributed by atoms with Crippen LogP contribution in [0.5, 0.6) is 0 Å². The fourth-order valence-corrected chi connectivity index (χ4v) is 6.15. The standard InChI is InChI=1S/C28H44O25/c1-6(31)47-20-9(4-30)49-26(18(40)14(20)36)51-21-10(5-46-24-16(38)12(34)13(35)22(52-24)23(41)42)50-25(17(39)15(21)37)48-8-2-28(45,27(43)44)53-19(11(8)33)7(32)3-29/h7-22,24-26,29-30,32-40,45H,2-5H2,1H3,(H,41,42)(H,43,44)/t7-,8-,9-,10-,11-,12+,13-,14-,15-,16-,17+,18-,19-,20+,21-,22+,24+,25+,26-,28?/m1/s1. The molecular weight excluding hydrogens is 736 g/mol. The predicted octanol–water partition coefficient (Wildman–Crippen LogP) is -9.24. The largest absolute Gasteiger partial charge is 0.479 e. The maximum atomic E-state index is 11.8. The molecule has 0 aliphatic carbocycles. The number of aliphatic carboxylic acids is 2. The van der Waals surface area contributed by atoms with Crippen LogP contribution in [0.1, 0.15) is 13.3 Å². The molecule has 306 valence electrons. The first-order valence-electron chi connectivity index (χ1n) is 16.0. The summed E-state index contributed by atoms with van der Waals surface area (Å²) in [5.74, 6) is -7.84. The van der Waals surface area contributed by atoms with Gasteiger partial charge in [0.15, 0.2) is 31.1 Å². The van der Waals surface area contributed by atoms with Crippen LogP contribution in [0.4, 0.5) is 0 Å². The molecule has 4 saturated heterocycles. The van der Waals surface area contributed by atoms with Gasteiger partial charge in [0.05, 0.1) is 25.9 Å². The van der Waals surface area contributed by atoms with Crippen LogP contribution in [-0.2, 0) is 52.3 Å². The van der Waals surface area contributed by atoms with Crippen LogP contribution in [0.25, 0.3) is 0 Å². The second-order valence-corrected chi connectivity index (χ2v) is 12.8. The van der Waals surface area contributed by atoms with Crippen LogP contribution in [0.2, 0.25) is 0 Å². The lowest BCUT2D eigenvalue weighted by Gasteiger charge is -2.48. The molecule has 4 heterocycles. The normalized spacial score (nSPS) is 47.0. The smallest absolute Gasteiger partial charge is 0.364 e. The number of carboxylic acid groups (broad SMARTS) is 2. The van der Waals surface area contributed by atoms with Gasteiger partial charge in [0.2, 0.25) is 0 Å². The van der Waals surface area contributed by atoms with E-state index in [1.807, 2.05) is 0 Å². The zero-order chi connectivity index (χ0) is 39.7. The third-order valence-corrected chi connectivity index (χ3v) is 9.03. The number of aliphatic hydroxyl groups excluding tert-OH is 11. The van der Waals surface area contributed by atoms with Gasteiger partial charge in [0.25, 0.3) is 5.79 Å².